The highest BCUT2D eigenvalue weighted by Crippen LogP contribution is 2.30. The molecule has 0 bridgehead atoms. The lowest BCUT2D eigenvalue weighted by Gasteiger charge is -2.11. The Balaban J connectivity index is 2.11. The van der Waals surface area contributed by atoms with E-state index in [9.17, 15) is 4.79 Å². The molecule has 7 heteroatoms. The van der Waals surface area contributed by atoms with Crippen LogP contribution in [0.4, 0.5) is 5.69 Å². The van der Waals surface area contributed by atoms with Crippen LogP contribution in [0.5, 0.6) is 0 Å². The number of nitrogens with zero attached hydrogens (tertiary/aromatic N) is 3. The van der Waals surface area contributed by atoms with Crippen molar-refractivity contribution in [3.8, 4) is 17.1 Å². The summed E-state index contributed by atoms with van der Waals surface area (Å²) in [5.41, 5.74) is 8.14. The molecule has 122 valence electrons. The van der Waals surface area contributed by atoms with Gasteiger partial charge in [-0.05, 0) is 43.3 Å². The molecule has 1 unspecified atom stereocenters. The first-order valence-electron chi connectivity index (χ1n) is 7.32. The van der Waals surface area contributed by atoms with Crippen molar-refractivity contribution in [2.24, 2.45) is 0 Å². The second-order valence-corrected chi connectivity index (χ2v) is 6.51. The van der Waals surface area contributed by atoms with E-state index in [4.69, 9.17) is 10.8 Å². The number of thioether (sulfide) groups is 1. The Morgan fingerprint density at radius 2 is 1.79 bits per heavy atom. The Labute approximate surface area is 143 Å². The summed E-state index contributed by atoms with van der Waals surface area (Å²) < 4.78 is 1.86. The molecule has 0 saturated heterocycles. The number of aliphatic carboxylic acids is 1. The van der Waals surface area contributed by atoms with Crippen molar-refractivity contribution in [3.05, 3.63) is 54.6 Å². The van der Waals surface area contributed by atoms with Crippen LogP contribution in [-0.2, 0) is 4.79 Å². The van der Waals surface area contributed by atoms with Crippen LogP contribution in [0.15, 0.2) is 59.8 Å². The maximum atomic E-state index is 11.2. The summed E-state index contributed by atoms with van der Waals surface area (Å²) in [6.45, 7) is 1.62. The number of hydrogen-bond donors (Lipinski definition) is 2. The SMILES string of the molecule is CC(Sc1nnc(-c2ccc(N)cc2)n1-c1ccccc1)C(=O)O. The smallest absolute Gasteiger partial charge is 0.316 e. The lowest BCUT2D eigenvalue weighted by molar-refractivity contribution is -0.136. The molecule has 0 aliphatic carbocycles. The largest absolute Gasteiger partial charge is 0.480 e. The van der Waals surface area contributed by atoms with Crippen LogP contribution in [0, 0.1) is 0 Å². The van der Waals surface area contributed by atoms with Crippen LogP contribution >= 0.6 is 11.8 Å². The van der Waals surface area contributed by atoms with Gasteiger partial charge in [-0.25, -0.2) is 0 Å². The van der Waals surface area contributed by atoms with E-state index in [2.05, 4.69) is 10.2 Å². The van der Waals surface area contributed by atoms with Crippen LogP contribution < -0.4 is 5.73 Å². The van der Waals surface area contributed by atoms with E-state index in [1.165, 1.54) is 0 Å². The Morgan fingerprint density at radius 3 is 2.42 bits per heavy atom. The Kier molecular flexibility index (Phi) is 4.52. The number of nitrogens with two attached hydrogens (primary N) is 1. The van der Waals surface area contributed by atoms with Crippen molar-refractivity contribution in [2.45, 2.75) is 17.3 Å². The van der Waals surface area contributed by atoms with E-state index >= 15 is 0 Å². The van der Waals surface area contributed by atoms with Crippen LogP contribution in [-0.4, -0.2) is 31.1 Å². The molecule has 0 saturated carbocycles. The van der Waals surface area contributed by atoms with Gasteiger partial charge < -0.3 is 10.8 Å². The number of benzene rings is 2. The molecule has 0 radical (unpaired) electrons. The van der Waals surface area contributed by atoms with Gasteiger partial charge in [0.25, 0.3) is 0 Å². The predicted molar refractivity (Wildman–Crippen MR) is 94.2 cm³/mol. The Hall–Kier alpha value is -2.80. The van der Waals surface area contributed by atoms with E-state index in [0.29, 0.717) is 16.7 Å². The summed E-state index contributed by atoms with van der Waals surface area (Å²) >= 11 is 1.16. The zero-order valence-electron chi connectivity index (χ0n) is 13.0. The molecule has 3 aromatic rings. The second-order valence-electron chi connectivity index (χ2n) is 5.20. The second kappa shape index (κ2) is 6.76. The minimum absolute atomic E-state index is 0.530. The summed E-state index contributed by atoms with van der Waals surface area (Å²) in [7, 11) is 0. The average Bonchev–Trinajstić information content (AvgIpc) is 2.99. The van der Waals surface area contributed by atoms with Gasteiger partial charge in [0, 0.05) is 16.9 Å². The molecule has 0 spiro atoms. The maximum absolute atomic E-state index is 11.2. The van der Waals surface area contributed by atoms with Gasteiger partial charge in [0.1, 0.15) is 5.25 Å². The topological polar surface area (TPSA) is 94.0 Å². The number of hydrogen-bond acceptors (Lipinski definition) is 5. The lowest BCUT2D eigenvalue weighted by Crippen LogP contribution is -2.12. The van der Waals surface area contributed by atoms with E-state index in [1.807, 2.05) is 47.0 Å². The van der Waals surface area contributed by atoms with Crippen molar-refractivity contribution in [3.63, 3.8) is 0 Å². The normalized spacial score (nSPS) is 12.0. The molecule has 3 rings (SSSR count). The van der Waals surface area contributed by atoms with Gasteiger partial charge in [0.15, 0.2) is 11.0 Å². The minimum atomic E-state index is -0.892. The molecule has 3 N–H and O–H groups in total. The molecule has 24 heavy (non-hydrogen) atoms. The molecule has 1 aromatic heterocycles. The molecule has 1 heterocycles. The summed E-state index contributed by atoms with van der Waals surface area (Å²) in [4.78, 5) is 11.2. The number of nitrogen functional groups attached to an aromatic ring is 1. The third kappa shape index (κ3) is 3.26. The fourth-order valence-electron chi connectivity index (χ4n) is 2.18. The first-order chi connectivity index (χ1) is 11.6. The van der Waals surface area contributed by atoms with Crippen LogP contribution in [0.25, 0.3) is 17.1 Å². The number of anilines is 1. The predicted octanol–water partition coefficient (Wildman–Crippen LogP) is 3.08. The molecule has 0 aliphatic rings. The summed E-state index contributed by atoms with van der Waals surface area (Å²) in [6, 6.07) is 16.9. The molecular formula is C17H16N4O2S. The highest BCUT2D eigenvalue weighted by molar-refractivity contribution is 8.00. The third-order valence-corrected chi connectivity index (χ3v) is 4.48. The van der Waals surface area contributed by atoms with Crippen LogP contribution in [0.1, 0.15) is 6.92 Å². The van der Waals surface area contributed by atoms with Gasteiger partial charge in [-0.3, -0.25) is 9.36 Å². The highest BCUT2D eigenvalue weighted by atomic mass is 32.2. The van der Waals surface area contributed by atoms with Crippen molar-refractivity contribution in [1.29, 1.82) is 0 Å². The van der Waals surface area contributed by atoms with E-state index < -0.39 is 11.2 Å². The number of rotatable bonds is 5. The quantitative estimate of drug-likeness (QED) is 0.547. The van der Waals surface area contributed by atoms with E-state index in [1.54, 1.807) is 19.1 Å². The standard InChI is InChI=1S/C17H16N4O2S/c1-11(16(22)23)24-17-20-19-15(12-7-9-13(18)10-8-12)21(17)14-5-3-2-4-6-14/h2-11H,18H2,1H3,(H,22,23). The number of aromatic nitrogens is 3. The Bertz CT molecular complexity index is 847. The monoisotopic (exact) mass is 340 g/mol. The number of carbonyl (C=O) groups is 1. The number of para-hydroxylation sites is 1. The zero-order valence-corrected chi connectivity index (χ0v) is 13.8. The minimum Gasteiger partial charge on any atom is -0.480 e. The first-order valence-corrected chi connectivity index (χ1v) is 8.20. The molecular weight excluding hydrogens is 324 g/mol. The van der Waals surface area contributed by atoms with Crippen molar-refractivity contribution < 1.29 is 9.90 Å². The molecule has 0 amide bonds. The van der Waals surface area contributed by atoms with Gasteiger partial charge in [-0.2, -0.15) is 0 Å². The zero-order chi connectivity index (χ0) is 17.1. The average molecular weight is 340 g/mol. The number of carboxylic acids is 1. The van der Waals surface area contributed by atoms with Crippen LogP contribution in [0.2, 0.25) is 0 Å². The summed E-state index contributed by atoms with van der Waals surface area (Å²) in [6.07, 6.45) is 0. The summed E-state index contributed by atoms with van der Waals surface area (Å²) in [5.74, 6) is -0.252. The Morgan fingerprint density at radius 1 is 1.12 bits per heavy atom. The fraction of sp³-hybridized carbons (Fsp3) is 0.118. The molecule has 6 nitrogen and oxygen atoms in total. The van der Waals surface area contributed by atoms with Crippen molar-refractivity contribution in [1.82, 2.24) is 14.8 Å². The molecule has 0 aliphatic heterocycles. The maximum Gasteiger partial charge on any atom is 0.316 e. The lowest BCUT2D eigenvalue weighted by atomic mass is 10.2. The van der Waals surface area contributed by atoms with Crippen LogP contribution in [0.3, 0.4) is 0 Å². The van der Waals surface area contributed by atoms with Crippen molar-refractivity contribution >= 4 is 23.4 Å². The summed E-state index contributed by atoms with van der Waals surface area (Å²) in [5, 5.41) is 17.5. The highest BCUT2D eigenvalue weighted by Gasteiger charge is 2.21. The van der Waals surface area contributed by atoms with Crippen molar-refractivity contribution in [2.75, 3.05) is 5.73 Å². The number of carboxylic acid groups (broad SMARTS) is 1. The first kappa shape index (κ1) is 16.1. The van der Waals surface area contributed by atoms with Gasteiger partial charge >= 0.3 is 5.97 Å². The van der Waals surface area contributed by atoms with E-state index in [0.717, 1.165) is 23.0 Å². The fourth-order valence-corrected chi connectivity index (χ4v) is 2.99. The molecule has 1 atom stereocenters. The molecule has 0 fully saturated rings. The third-order valence-electron chi connectivity index (χ3n) is 3.45. The van der Waals surface area contributed by atoms with Gasteiger partial charge in [0.05, 0.1) is 0 Å². The van der Waals surface area contributed by atoms with Gasteiger partial charge in [0.2, 0.25) is 0 Å². The van der Waals surface area contributed by atoms with E-state index in [-0.39, 0.29) is 0 Å². The van der Waals surface area contributed by atoms with Gasteiger partial charge in [-0.15, -0.1) is 10.2 Å². The van der Waals surface area contributed by atoms with Gasteiger partial charge in [-0.1, -0.05) is 30.0 Å². The molecule has 2 aromatic carbocycles.